The van der Waals surface area contributed by atoms with Crippen molar-refractivity contribution >= 4 is 11.9 Å². The predicted molar refractivity (Wildman–Crippen MR) is 59.8 cm³/mol. The van der Waals surface area contributed by atoms with E-state index in [2.05, 4.69) is 22.3 Å². The fraction of sp³-hybridized carbons (Fsp3) is 0.818. The number of ether oxygens (including phenoxy) is 1. The molecular weight excluding hydrogens is 208 g/mol. The smallest absolute Gasteiger partial charge is 0.315 e. The van der Waals surface area contributed by atoms with Gasteiger partial charge in [0.2, 0.25) is 5.91 Å². The molecule has 92 valence electrons. The van der Waals surface area contributed by atoms with Crippen molar-refractivity contribution in [2.24, 2.45) is 5.92 Å². The van der Waals surface area contributed by atoms with E-state index in [1.807, 2.05) is 0 Å². The lowest BCUT2D eigenvalue weighted by Gasteiger charge is -2.32. The summed E-state index contributed by atoms with van der Waals surface area (Å²) in [6.45, 7) is 3.91. The molecule has 0 bridgehead atoms. The number of rotatable bonds is 4. The lowest BCUT2D eigenvalue weighted by molar-refractivity contribution is -0.144. The molecule has 0 spiro atoms. The average molecular weight is 228 g/mol. The van der Waals surface area contributed by atoms with E-state index in [1.165, 1.54) is 7.11 Å². The number of carbonyl (C=O) groups excluding carboxylic acids is 2. The normalized spacial score (nSPS) is 24.9. The Kier molecular flexibility index (Phi) is 5.25. The number of hydrogen-bond acceptors (Lipinski definition) is 4. The monoisotopic (exact) mass is 228 g/mol. The second-order valence-electron chi connectivity index (χ2n) is 4.09. The van der Waals surface area contributed by atoms with Gasteiger partial charge >= 0.3 is 5.97 Å². The van der Waals surface area contributed by atoms with E-state index < -0.39 is 5.97 Å². The third-order valence-corrected chi connectivity index (χ3v) is 3.03. The van der Waals surface area contributed by atoms with Crippen molar-refractivity contribution < 1.29 is 14.3 Å². The van der Waals surface area contributed by atoms with E-state index in [1.54, 1.807) is 0 Å². The number of carbonyl (C=O) groups is 2. The third-order valence-electron chi connectivity index (χ3n) is 3.03. The maximum atomic E-state index is 11.5. The van der Waals surface area contributed by atoms with Crippen LogP contribution in [0.4, 0.5) is 0 Å². The summed E-state index contributed by atoms with van der Waals surface area (Å²) in [6, 6.07) is 0.135. The quantitative estimate of drug-likeness (QED) is 0.527. The van der Waals surface area contributed by atoms with Gasteiger partial charge in [-0.05, 0) is 18.9 Å². The Morgan fingerprint density at radius 1 is 1.50 bits per heavy atom. The van der Waals surface area contributed by atoms with Gasteiger partial charge in [-0.15, -0.1) is 0 Å². The summed E-state index contributed by atoms with van der Waals surface area (Å²) in [5.41, 5.74) is 0. The molecule has 5 nitrogen and oxygen atoms in total. The topological polar surface area (TPSA) is 67.4 Å². The zero-order chi connectivity index (χ0) is 12.0. The number of hydrogen-bond donors (Lipinski definition) is 2. The molecule has 1 saturated heterocycles. The molecule has 1 amide bonds. The van der Waals surface area contributed by atoms with Gasteiger partial charge in [0.15, 0.2) is 0 Å². The number of esters is 1. The van der Waals surface area contributed by atoms with Crippen LogP contribution in [-0.4, -0.2) is 38.1 Å². The van der Waals surface area contributed by atoms with E-state index in [0.717, 1.165) is 25.9 Å². The number of amides is 1. The molecule has 0 saturated carbocycles. The minimum atomic E-state index is -0.491. The third kappa shape index (κ3) is 3.81. The molecule has 1 aliphatic heterocycles. The molecule has 0 radical (unpaired) electrons. The highest BCUT2D eigenvalue weighted by Gasteiger charge is 2.25. The van der Waals surface area contributed by atoms with Crippen LogP contribution in [0.15, 0.2) is 0 Å². The van der Waals surface area contributed by atoms with Crippen molar-refractivity contribution in [3.8, 4) is 0 Å². The molecule has 0 aromatic heterocycles. The fourth-order valence-electron chi connectivity index (χ4n) is 2.03. The molecule has 2 N–H and O–H groups in total. The molecule has 0 aromatic carbocycles. The van der Waals surface area contributed by atoms with E-state index in [-0.39, 0.29) is 18.4 Å². The number of piperidine rings is 1. The Labute approximate surface area is 95.9 Å². The zero-order valence-electron chi connectivity index (χ0n) is 9.91. The van der Waals surface area contributed by atoms with E-state index >= 15 is 0 Å². The molecule has 0 aliphatic carbocycles. The SMILES string of the molecule is CCC1CCNCC1NC(=O)CC(=O)OC. The lowest BCUT2D eigenvalue weighted by atomic mass is 9.90. The summed E-state index contributed by atoms with van der Waals surface area (Å²) in [6.07, 6.45) is 1.92. The van der Waals surface area contributed by atoms with Crippen LogP contribution in [0.5, 0.6) is 0 Å². The Morgan fingerprint density at radius 3 is 2.88 bits per heavy atom. The largest absolute Gasteiger partial charge is 0.469 e. The maximum absolute atomic E-state index is 11.5. The second-order valence-corrected chi connectivity index (χ2v) is 4.09. The highest BCUT2D eigenvalue weighted by molar-refractivity contribution is 5.94. The van der Waals surface area contributed by atoms with Crippen LogP contribution in [0.2, 0.25) is 0 Å². The van der Waals surface area contributed by atoms with Crippen molar-refractivity contribution in [2.75, 3.05) is 20.2 Å². The van der Waals surface area contributed by atoms with Crippen molar-refractivity contribution in [2.45, 2.75) is 32.2 Å². The summed E-state index contributed by atoms with van der Waals surface area (Å²) >= 11 is 0. The first-order chi connectivity index (χ1) is 7.67. The van der Waals surface area contributed by atoms with Gasteiger partial charge in [-0.2, -0.15) is 0 Å². The summed E-state index contributed by atoms with van der Waals surface area (Å²) in [5.74, 6) is -0.240. The van der Waals surface area contributed by atoms with Crippen LogP contribution < -0.4 is 10.6 Å². The van der Waals surface area contributed by atoms with Gasteiger partial charge in [0.25, 0.3) is 0 Å². The standard InChI is InChI=1S/C11H20N2O3/c1-3-8-4-5-12-7-9(8)13-10(14)6-11(15)16-2/h8-9,12H,3-7H2,1-2H3,(H,13,14). The van der Waals surface area contributed by atoms with Gasteiger partial charge in [-0.25, -0.2) is 0 Å². The van der Waals surface area contributed by atoms with E-state index in [0.29, 0.717) is 5.92 Å². The minimum absolute atomic E-state index is 0.135. The molecule has 0 aromatic rings. The molecule has 1 heterocycles. The van der Waals surface area contributed by atoms with Gasteiger partial charge in [0, 0.05) is 12.6 Å². The molecule has 1 rings (SSSR count). The Hall–Kier alpha value is -1.10. The van der Waals surface area contributed by atoms with Crippen LogP contribution in [-0.2, 0) is 14.3 Å². The highest BCUT2D eigenvalue weighted by Crippen LogP contribution is 2.16. The molecular formula is C11H20N2O3. The Morgan fingerprint density at radius 2 is 2.25 bits per heavy atom. The summed E-state index contributed by atoms with van der Waals surface area (Å²) in [7, 11) is 1.28. The predicted octanol–water partition coefficient (Wildman–Crippen LogP) is 0.0538. The van der Waals surface area contributed by atoms with Crippen LogP contribution >= 0.6 is 0 Å². The Balaban J connectivity index is 2.39. The van der Waals surface area contributed by atoms with Gasteiger partial charge in [-0.3, -0.25) is 9.59 Å². The highest BCUT2D eigenvalue weighted by atomic mass is 16.5. The van der Waals surface area contributed by atoms with Gasteiger partial charge in [0.05, 0.1) is 7.11 Å². The molecule has 5 heteroatoms. The van der Waals surface area contributed by atoms with Crippen LogP contribution in [0.3, 0.4) is 0 Å². The first-order valence-electron chi connectivity index (χ1n) is 5.74. The van der Waals surface area contributed by atoms with Crippen LogP contribution in [0.25, 0.3) is 0 Å². The van der Waals surface area contributed by atoms with E-state index in [4.69, 9.17) is 0 Å². The molecule has 2 unspecified atom stereocenters. The van der Waals surface area contributed by atoms with Crippen LogP contribution in [0.1, 0.15) is 26.2 Å². The van der Waals surface area contributed by atoms with Crippen molar-refractivity contribution in [3.05, 3.63) is 0 Å². The maximum Gasteiger partial charge on any atom is 0.315 e. The molecule has 2 atom stereocenters. The fourth-order valence-corrected chi connectivity index (χ4v) is 2.03. The van der Waals surface area contributed by atoms with Crippen LogP contribution in [0, 0.1) is 5.92 Å². The van der Waals surface area contributed by atoms with Gasteiger partial charge in [-0.1, -0.05) is 13.3 Å². The first kappa shape index (κ1) is 13.0. The molecule has 1 fully saturated rings. The zero-order valence-corrected chi connectivity index (χ0v) is 9.91. The summed E-state index contributed by atoms with van der Waals surface area (Å²) in [4.78, 5) is 22.4. The van der Waals surface area contributed by atoms with Crippen molar-refractivity contribution in [3.63, 3.8) is 0 Å². The molecule has 1 aliphatic rings. The van der Waals surface area contributed by atoms with Gasteiger partial charge < -0.3 is 15.4 Å². The average Bonchev–Trinajstić information content (AvgIpc) is 2.29. The number of nitrogens with one attached hydrogen (secondary N) is 2. The molecule has 16 heavy (non-hydrogen) atoms. The minimum Gasteiger partial charge on any atom is -0.469 e. The first-order valence-corrected chi connectivity index (χ1v) is 5.74. The summed E-state index contributed by atoms with van der Waals surface area (Å²) < 4.78 is 4.45. The number of methoxy groups -OCH3 is 1. The summed E-state index contributed by atoms with van der Waals surface area (Å²) in [5, 5.41) is 6.12. The van der Waals surface area contributed by atoms with Crippen molar-refractivity contribution in [1.82, 2.24) is 10.6 Å². The second kappa shape index (κ2) is 6.48. The Bertz CT molecular complexity index is 256. The van der Waals surface area contributed by atoms with Crippen molar-refractivity contribution in [1.29, 1.82) is 0 Å². The van der Waals surface area contributed by atoms with E-state index in [9.17, 15) is 9.59 Å². The van der Waals surface area contributed by atoms with Gasteiger partial charge in [0.1, 0.15) is 6.42 Å². The lowest BCUT2D eigenvalue weighted by Crippen LogP contribution is -2.51.